The van der Waals surface area contributed by atoms with Crippen molar-refractivity contribution in [3.8, 4) is 0 Å². The Kier molecular flexibility index (Phi) is 6.61. The molecule has 10 heteroatoms. The third kappa shape index (κ3) is 5.43. The number of nitrogens with one attached hydrogen (secondary N) is 1. The van der Waals surface area contributed by atoms with Gasteiger partial charge >= 0.3 is 0 Å². The van der Waals surface area contributed by atoms with Gasteiger partial charge in [0.1, 0.15) is 0 Å². The molecule has 0 bridgehead atoms. The number of nitrogens with zero attached hydrogens (tertiary/aromatic N) is 3. The van der Waals surface area contributed by atoms with Crippen molar-refractivity contribution in [1.29, 1.82) is 0 Å². The number of benzene rings is 2. The zero-order valence-electron chi connectivity index (χ0n) is 16.6. The average molecular weight is 440 g/mol. The topological polar surface area (TPSA) is 123 Å². The van der Waals surface area contributed by atoms with Gasteiger partial charge in [-0.1, -0.05) is 12.1 Å². The van der Waals surface area contributed by atoms with E-state index in [1.807, 2.05) is 0 Å². The van der Waals surface area contributed by atoms with Gasteiger partial charge in [-0.25, -0.2) is 8.42 Å². The lowest BCUT2D eigenvalue weighted by atomic mass is 10.1. The van der Waals surface area contributed by atoms with Gasteiger partial charge in [-0.15, -0.1) is 0 Å². The number of hydrogen-bond acceptors (Lipinski definition) is 6. The van der Waals surface area contributed by atoms with Crippen molar-refractivity contribution in [3.05, 3.63) is 94.3 Å². The van der Waals surface area contributed by atoms with Gasteiger partial charge in [-0.2, -0.15) is 0 Å². The molecule has 0 radical (unpaired) electrons. The number of nitro benzene ring substituents is 1. The van der Waals surface area contributed by atoms with Crippen molar-refractivity contribution in [2.45, 2.75) is 18.4 Å². The van der Waals surface area contributed by atoms with Crippen LogP contribution >= 0.6 is 0 Å². The summed E-state index contributed by atoms with van der Waals surface area (Å²) >= 11 is 0. The predicted octanol–water partition coefficient (Wildman–Crippen LogP) is 3.45. The third-order valence-electron chi connectivity index (χ3n) is 4.51. The molecule has 0 saturated heterocycles. The maximum Gasteiger partial charge on any atom is 0.269 e. The minimum atomic E-state index is -3.81. The normalized spacial score (nSPS) is 11.0. The number of non-ortho nitro benzene ring substituents is 1. The lowest BCUT2D eigenvalue weighted by Crippen LogP contribution is -2.30. The zero-order chi connectivity index (χ0) is 22.4. The number of anilines is 1. The first-order valence-corrected chi connectivity index (χ1v) is 10.8. The summed E-state index contributed by atoms with van der Waals surface area (Å²) in [5.41, 5.74) is 1.28. The van der Waals surface area contributed by atoms with Crippen molar-refractivity contribution in [3.63, 3.8) is 0 Å². The van der Waals surface area contributed by atoms with Gasteiger partial charge < -0.3 is 4.90 Å². The molecule has 0 aliphatic heterocycles. The Morgan fingerprint density at radius 1 is 1.10 bits per heavy atom. The van der Waals surface area contributed by atoms with E-state index in [-0.39, 0.29) is 23.0 Å². The van der Waals surface area contributed by atoms with Crippen molar-refractivity contribution in [2.24, 2.45) is 0 Å². The highest BCUT2D eigenvalue weighted by Crippen LogP contribution is 2.19. The van der Waals surface area contributed by atoms with Crippen LogP contribution in [-0.4, -0.2) is 35.7 Å². The maximum atomic E-state index is 12.9. The van der Waals surface area contributed by atoms with Crippen LogP contribution in [0.15, 0.2) is 78.0 Å². The molecule has 0 unspecified atom stereocenters. The SMILES string of the molecule is CCN(Cc1cccc([N+](=O)[O-])c1)C(=O)c1ccc(S(=O)(=O)Nc2ccncc2)cc1. The summed E-state index contributed by atoms with van der Waals surface area (Å²) in [5.74, 6) is -0.306. The minimum Gasteiger partial charge on any atom is -0.335 e. The van der Waals surface area contributed by atoms with Crippen LogP contribution in [-0.2, 0) is 16.6 Å². The van der Waals surface area contributed by atoms with Gasteiger partial charge in [-0.05, 0) is 48.9 Å². The summed E-state index contributed by atoms with van der Waals surface area (Å²) in [6.07, 6.45) is 2.95. The van der Waals surface area contributed by atoms with E-state index in [0.29, 0.717) is 23.4 Å². The molecule has 0 fully saturated rings. The van der Waals surface area contributed by atoms with Crippen LogP contribution in [0.25, 0.3) is 0 Å². The van der Waals surface area contributed by atoms with E-state index in [1.165, 1.54) is 65.8 Å². The second kappa shape index (κ2) is 9.35. The van der Waals surface area contributed by atoms with E-state index < -0.39 is 14.9 Å². The molecule has 3 aromatic rings. The first-order chi connectivity index (χ1) is 14.8. The first-order valence-electron chi connectivity index (χ1n) is 9.35. The fourth-order valence-corrected chi connectivity index (χ4v) is 3.97. The van der Waals surface area contributed by atoms with E-state index in [4.69, 9.17) is 0 Å². The Balaban J connectivity index is 1.75. The highest BCUT2D eigenvalue weighted by molar-refractivity contribution is 7.92. The van der Waals surface area contributed by atoms with Crippen LogP contribution in [0, 0.1) is 10.1 Å². The number of pyridine rings is 1. The van der Waals surface area contributed by atoms with Crippen molar-refractivity contribution < 1.29 is 18.1 Å². The smallest absolute Gasteiger partial charge is 0.269 e. The molecule has 1 amide bonds. The maximum absolute atomic E-state index is 12.9. The number of carbonyl (C=O) groups excluding carboxylic acids is 1. The Hall–Kier alpha value is -3.79. The molecule has 0 saturated carbocycles. The number of nitro groups is 1. The summed E-state index contributed by atoms with van der Waals surface area (Å²) < 4.78 is 27.5. The van der Waals surface area contributed by atoms with Gasteiger partial charge in [0.05, 0.1) is 15.5 Å². The van der Waals surface area contributed by atoms with Gasteiger partial charge in [0.15, 0.2) is 0 Å². The Morgan fingerprint density at radius 2 is 1.77 bits per heavy atom. The third-order valence-corrected chi connectivity index (χ3v) is 5.91. The van der Waals surface area contributed by atoms with Crippen LogP contribution in [0.3, 0.4) is 0 Å². The zero-order valence-corrected chi connectivity index (χ0v) is 17.5. The lowest BCUT2D eigenvalue weighted by molar-refractivity contribution is -0.384. The van der Waals surface area contributed by atoms with Crippen LogP contribution in [0.2, 0.25) is 0 Å². The van der Waals surface area contributed by atoms with Gasteiger partial charge in [0.2, 0.25) is 0 Å². The van der Waals surface area contributed by atoms with Crippen molar-refractivity contribution in [2.75, 3.05) is 11.3 Å². The quantitative estimate of drug-likeness (QED) is 0.423. The summed E-state index contributed by atoms with van der Waals surface area (Å²) in [6, 6.07) is 14.8. The van der Waals surface area contributed by atoms with E-state index in [2.05, 4.69) is 9.71 Å². The summed E-state index contributed by atoms with van der Waals surface area (Å²) in [7, 11) is -3.81. The van der Waals surface area contributed by atoms with E-state index in [1.54, 1.807) is 19.1 Å². The highest BCUT2D eigenvalue weighted by Gasteiger charge is 2.19. The molecule has 1 N–H and O–H groups in total. The number of sulfonamides is 1. The van der Waals surface area contributed by atoms with Gasteiger partial charge in [-0.3, -0.25) is 24.6 Å². The lowest BCUT2D eigenvalue weighted by Gasteiger charge is -2.21. The average Bonchev–Trinajstić information content (AvgIpc) is 2.77. The predicted molar refractivity (Wildman–Crippen MR) is 115 cm³/mol. The standard InChI is InChI=1S/C21H20N4O5S/c1-2-24(15-16-4-3-5-19(14-16)25(27)28)21(26)17-6-8-20(9-7-17)31(29,30)23-18-10-12-22-13-11-18/h3-14H,2,15H2,1H3,(H,22,23). The van der Waals surface area contributed by atoms with E-state index >= 15 is 0 Å². The van der Waals surface area contributed by atoms with Crippen LogP contribution in [0.1, 0.15) is 22.8 Å². The van der Waals surface area contributed by atoms with E-state index in [9.17, 15) is 23.3 Å². The van der Waals surface area contributed by atoms with Gasteiger partial charge in [0, 0.05) is 43.2 Å². The van der Waals surface area contributed by atoms with Crippen molar-refractivity contribution in [1.82, 2.24) is 9.88 Å². The number of amides is 1. The molecule has 2 aromatic carbocycles. The molecule has 160 valence electrons. The number of carbonyl (C=O) groups is 1. The highest BCUT2D eigenvalue weighted by atomic mass is 32.2. The monoisotopic (exact) mass is 440 g/mol. The molecular weight excluding hydrogens is 420 g/mol. The molecule has 0 aliphatic carbocycles. The Bertz CT molecular complexity index is 1180. The molecule has 1 aromatic heterocycles. The Labute approximate surface area is 179 Å². The number of rotatable bonds is 8. The van der Waals surface area contributed by atoms with Crippen LogP contribution < -0.4 is 4.72 Å². The molecular formula is C21H20N4O5S. The summed E-state index contributed by atoms with van der Waals surface area (Å²) in [5, 5.41) is 11.0. The Morgan fingerprint density at radius 3 is 2.39 bits per heavy atom. The molecule has 0 aliphatic rings. The first kappa shape index (κ1) is 21.9. The van der Waals surface area contributed by atoms with E-state index in [0.717, 1.165) is 0 Å². The summed E-state index contributed by atoms with van der Waals surface area (Å²) in [4.78, 5) is 28.7. The molecule has 0 spiro atoms. The molecule has 31 heavy (non-hydrogen) atoms. The van der Waals surface area contributed by atoms with Gasteiger partial charge in [0.25, 0.3) is 21.6 Å². The molecule has 1 heterocycles. The second-order valence-electron chi connectivity index (χ2n) is 6.61. The number of hydrogen-bond donors (Lipinski definition) is 1. The fraction of sp³-hybridized carbons (Fsp3) is 0.143. The minimum absolute atomic E-state index is 0.0163. The molecule has 3 rings (SSSR count). The van der Waals surface area contributed by atoms with Crippen molar-refractivity contribution >= 4 is 27.3 Å². The van der Waals surface area contributed by atoms with Crippen LogP contribution in [0.5, 0.6) is 0 Å². The molecule has 0 atom stereocenters. The van der Waals surface area contributed by atoms with Crippen LogP contribution in [0.4, 0.5) is 11.4 Å². The largest absolute Gasteiger partial charge is 0.335 e. The molecule has 9 nitrogen and oxygen atoms in total. The summed E-state index contributed by atoms with van der Waals surface area (Å²) in [6.45, 7) is 2.37. The second-order valence-corrected chi connectivity index (χ2v) is 8.29. The number of aromatic nitrogens is 1. The fourth-order valence-electron chi connectivity index (χ4n) is 2.91.